The Hall–Kier alpha value is -1.02. The van der Waals surface area contributed by atoms with E-state index in [4.69, 9.17) is 16.3 Å². The van der Waals surface area contributed by atoms with Gasteiger partial charge < -0.3 is 4.74 Å². The van der Waals surface area contributed by atoms with Crippen LogP contribution in [0.1, 0.15) is 17.3 Å². The third-order valence-electron chi connectivity index (χ3n) is 1.88. The highest BCUT2D eigenvalue weighted by molar-refractivity contribution is 6.31. The number of Topliss-reactive ketones (excluding diaryl/α,β-unsaturated/α-hetero) is 1. The monoisotopic (exact) mass is 182 g/mol. The highest BCUT2D eigenvalue weighted by Crippen LogP contribution is 2.30. The maximum absolute atomic E-state index is 11.4. The first-order valence-corrected chi connectivity index (χ1v) is 4.06. The average molecular weight is 183 g/mol. The highest BCUT2D eigenvalue weighted by atomic mass is 35.5. The summed E-state index contributed by atoms with van der Waals surface area (Å²) in [6.45, 7) is 1.73. The molecule has 62 valence electrons. The zero-order valence-electron chi connectivity index (χ0n) is 6.50. The molecule has 1 heterocycles. The van der Waals surface area contributed by atoms with E-state index in [2.05, 4.69) is 0 Å². The van der Waals surface area contributed by atoms with Crippen molar-refractivity contribution in [1.82, 2.24) is 0 Å². The fourth-order valence-electron chi connectivity index (χ4n) is 1.26. The van der Waals surface area contributed by atoms with Gasteiger partial charge in [0, 0.05) is 5.02 Å². The summed E-state index contributed by atoms with van der Waals surface area (Å²) in [5.41, 5.74) is 0.593. The highest BCUT2D eigenvalue weighted by Gasteiger charge is 2.28. The minimum atomic E-state index is -0.363. The molecule has 1 aliphatic heterocycles. The molecule has 12 heavy (non-hydrogen) atoms. The predicted molar refractivity (Wildman–Crippen MR) is 45.9 cm³/mol. The lowest BCUT2D eigenvalue weighted by molar-refractivity contribution is 0.0878. The number of ketones is 1. The third-order valence-corrected chi connectivity index (χ3v) is 2.12. The molecule has 0 amide bonds. The zero-order chi connectivity index (χ0) is 8.72. The molecular weight excluding hydrogens is 176 g/mol. The van der Waals surface area contributed by atoms with Gasteiger partial charge in [-0.2, -0.15) is 0 Å². The molecule has 0 spiro atoms. The Kier molecular flexibility index (Phi) is 1.58. The Morgan fingerprint density at radius 3 is 3.00 bits per heavy atom. The molecule has 0 fully saturated rings. The summed E-state index contributed by atoms with van der Waals surface area (Å²) >= 11 is 5.73. The van der Waals surface area contributed by atoms with Crippen LogP contribution in [0.5, 0.6) is 5.75 Å². The van der Waals surface area contributed by atoms with E-state index in [1.165, 1.54) is 0 Å². The normalized spacial score (nSPS) is 20.5. The van der Waals surface area contributed by atoms with Gasteiger partial charge in [0.05, 0.1) is 5.56 Å². The molecule has 0 aliphatic carbocycles. The molecule has 1 atom stereocenters. The van der Waals surface area contributed by atoms with Gasteiger partial charge in [-0.15, -0.1) is 0 Å². The number of fused-ring (bicyclic) bond motifs is 1. The largest absolute Gasteiger partial charge is 0.482 e. The van der Waals surface area contributed by atoms with E-state index in [-0.39, 0.29) is 11.9 Å². The van der Waals surface area contributed by atoms with Crippen molar-refractivity contribution in [3.63, 3.8) is 0 Å². The Morgan fingerprint density at radius 2 is 2.25 bits per heavy atom. The van der Waals surface area contributed by atoms with Crippen LogP contribution in [0.4, 0.5) is 0 Å². The van der Waals surface area contributed by atoms with Crippen LogP contribution in [0.15, 0.2) is 18.2 Å². The van der Waals surface area contributed by atoms with Gasteiger partial charge >= 0.3 is 0 Å². The van der Waals surface area contributed by atoms with Gasteiger partial charge in [0.25, 0.3) is 0 Å². The molecule has 0 N–H and O–H groups in total. The van der Waals surface area contributed by atoms with Crippen molar-refractivity contribution in [2.24, 2.45) is 0 Å². The molecule has 3 heteroatoms. The molecule has 0 saturated carbocycles. The smallest absolute Gasteiger partial charge is 0.206 e. The molecule has 1 unspecified atom stereocenters. The van der Waals surface area contributed by atoms with Crippen LogP contribution in [-0.2, 0) is 0 Å². The van der Waals surface area contributed by atoms with Gasteiger partial charge in [0.15, 0.2) is 6.10 Å². The summed E-state index contributed by atoms with van der Waals surface area (Å²) in [5, 5.41) is 0.569. The van der Waals surface area contributed by atoms with Crippen LogP contribution in [0.3, 0.4) is 0 Å². The Balaban J connectivity index is 2.56. The number of carbonyl (C=O) groups excluding carboxylic acids is 1. The standard InChI is InChI=1S/C9H7ClO2/c1-5-9(11)7-4-6(10)2-3-8(7)12-5/h2-5H,1H3. The van der Waals surface area contributed by atoms with Crippen molar-refractivity contribution in [3.8, 4) is 5.75 Å². The summed E-state index contributed by atoms with van der Waals surface area (Å²) in [5.74, 6) is 0.643. The van der Waals surface area contributed by atoms with Gasteiger partial charge in [-0.05, 0) is 25.1 Å². The minimum absolute atomic E-state index is 0.00694. The molecule has 2 rings (SSSR count). The number of ether oxygens (including phenoxy) is 1. The van der Waals surface area contributed by atoms with Crippen molar-refractivity contribution >= 4 is 17.4 Å². The predicted octanol–water partition coefficient (Wildman–Crippen LogP) is 2.30. The number of rotatable bonds is 0. The Bertz CT molecular complexity index is 346. The number of hydrogen-bond acceptors (Lipinski definition) is 2. The SMILES string of the molecule is CC1Oc2ccc(Cl)cc2C1=O. The summed E-state index contributed by atoms with van der Waals surface area (Å²) in [7, 11) is 0. The van der Waals surface area contributed by atoms with Crippen LogP contribution in [-0.4, -0.2) is 11.9 Å². The second-order valence-corrected chi connectivity index (χ2v) is 3.20. The molecule has 0 bridgehead atoms. The molecule has 2 nitrogen and oxygen atoms in total. The zero-order valence-corrected chi connectivity index (χ0v) is 7.26. The third kappa shape index (κ3) is 0.994. The molecule has 1 aliphatic rings. The first-order chi connectivity index (χ1) is 5.68. The van der Waals surface area contributed by atoms with E-state index in [0.717, 1.165) is 0 Å². The van der Waals surface area contributed by atoms with Crippen molar-refractivity contribution in [2.75, 3.05) is 0 Å². The maximum Gasteiger partial charge on any atom is 0.206 e. The van der Waals surface area contributed by atoms with Crippen molar-refractivity contribution in [2.45, 2.75) is 13.0 Å². The van der Waals surface area contributed by atoms with E-state index in [0.29, 0.717) is 16.3 Å². The molecule has 1 aromatic rings. The lowest BCUT2D eigenvalue weighted by Crippen LogP contribution is -2.14. The summed E-state index contributed by atoms with van der Waals surface area (Å²) in [6, 6.07) is 5.08. The number of halogens is 1. The lowest BCUT2D eigenvalue weighted by Gasteiger charge is -1.99. The molecule has 0 saturated heterocycles. The first kappa shape index (κ1) is 7.62. The molecule has 1 aromatic carbocycles. The number of carbonyl (C=O) groups is 1. The second kappa shape index (κ2) is 2.49. The van der Waals surface area contributed by atoms with Gasteiger partial charge in [0.1, 0.15) is 5.75 Å². The van der Waals surface area contributed by atoms with E-state index >= 15 is 0 Å². The van der Waals surface area contributed by atoms with E-state index in [1.807, 2.05) is 0 Å². The Labute approximate surface area is 75.1 Å². The summed E-state index contributed by atoms with van der Waals surface area (Å²) < 4.78 is 5.27. The second-order valence-electron chi connectivity index (χ2n) is 2.76. The molecule has 0 aromatic heterocycles. The van der Waals surface area contributed by atoms with E-state index in [9.17, 15) is 4.79 Å². The Morgan fingerprint density at radius 1 is 1.50 bits per heavy atom. The number of benzene rings is 1. The lowest BCUT2D eigenvalue weighted by atomic mass is 10.1. The van der Waals surface area contributed by atoms with Gasteiger partial charge in [0.2, 0.25) is 5.78 Å². The van der Waals surface area contributed by atoms with Gasteiger partial charge in [-0.1, -0.05) is 11.6 Å². The van der Waals surface area contributed by atoms with Gasteiger partial charge in [-0.3, -0.25) is 4.79 Å². The topological polar surface area (TPSA) is 26.3 Å². The maximum atomic E-state index is 11.4. The van der Waals surface area contributed by atoms with Crippen molar-refractivity contribution in [1.29, 1.82) is 0 Å². The molecule has 0 radical (unpaired) electrons. The fraction of sp³-hybridized carbons (Fsp3) is 0.222. The average Bonchev–Trinajstić information content (AvgIpc) is 2.31. The van der Waals surface area contributed by atoms with Crippen LogP contribution in [0.2, 0.25) is 5.02 Å². The quantitative estimate of drug-likeness (QED) is 0.616. The van der Waals surface area contributed by atoms with Gasteiger partial charge in [-0.25, -0.2) is 0 Å². The first-order valence-electron chi connectivity index (χ1n) is 3.69. The van der Waals surface area contributed by atoms with Crippen LogP contribution in [0, 0.1) is 0 Å². The number of hydrogen-bond donors (Lipinski definition) is 0. The fourth-order valence-corrected chi connectivity index (χ4v) is 1.43. The summed E-state index contributed by atoms with van der Waals surface area (Å²) in [4.78, 5) is 11.4. The van der Waals surface area contributed by atoms with E-state index < -0.39 is 0 Å². The van der Waals surface area contributed by atoms with Crippen molar-refractivity contribution < 1.29 is 9.53 Å². The van der Waals surface area contributed by atoms with Crippen LogP contribution < -0.4 is 4.74 Å². The minimum Gasteiger partial charge on any atom is -0.482 e. The molecular formula is C9H7ClO2. The summed E-state index contributed by atoms with van der Waals surface area (Å²) in [6.07, 6.45) is -0.363. The van der Waals surface area contributed by atoms with E-state index in [1.54, 1.807) is 25.1 Å². The van der Waals surface area contributed by atoms with Crippen LogP contribution in [0.25, 0.3) is 0 Å². The van der Waals surface area contributed by atoms with Crippen LogP contribution >= 0.6 is 11.6 Å². The van der Waals surface area contributed by atoms with Crippen molar-refractivity contribution in [3.05, 3.63) is 28.8 Å².